The Morgan fingerprint density at radius 2 is 2.27 bits per heavy atom. The molecule has 0 saturated heterocycles. The zero-order valence-electron chi connectivity index (χ0n) is 8.40. The number of rotatable bonds is 5. The lowest BCUT2D eigenvalue weighted by Crippen LogP contribution is -2.07. The van der Waals surface area contributed by atoms with Gasteiger partial charge in [0.05, 0.1) is 10.6 Å². The molecule has 1 aromatic rings. The van der Waals surface area contributed by atoms with Crippen molar-refractivity contribution in [1.29, 1.82) is 0 Å². The van der Waals surface area contributed by atoms with E-state index in [1.165, 1.54) is 6.07 Å². The first kappa shape index (κ1) is 11.8. The van der Waals surface area contributed by atoms with E-state index < -0.39 is 4.92 Å². The minimum atomic E-state index is -0.420. The number of nitrogen functional groups attached to an aromatic ring is 1. The van der Waals surface area contributed by atoms with Crippen molar-refractivity contribution in [3.63, 3.8) is 0 Å². The van der Waals surface area contributed by atoms with E-state index in [1.54, 1.807) is 23.9 Å². The molecule has 0 saturated carbocycles. The maximum absolute atomic E-state index is 10.6. The van der Waals surface area contributed by atoms with Gasteiger partial charge in [0.2, 0.25) is 0 Å². The summed E-state index contributed by atoms with van der Waals surface area (Å²) in [5, 5.41) is 10.6. The first-order chi connectivity index (χ1) is 7.17. The third-order valence-corrected chi connectivity index (χ3v) is 2.92. The van der Waals surface area contributed by atoms with Crippen molar-refractivity contribution in [1.82, 2.24) is 0 Å². The Balaban J connectivity index is 2.95. The average molecular weight is 227 g/mol. The van der Waals surface area contributed by atoms with Crippen LogP contribution in [0.5, 0.6) is 0 Å². The Morgan fingerprint density at radius 3 is 2.80 bits per heavy atom. The van der Waals surface area contributed by atoms with Gasteiger partial charge in [-0.25, -0.2) is 0 Å². The van der Waals surface area contributed by atoms with Crippen LogP contribution in [0.25, 0.3) is 0 Å². The SMILES string of the molecule is CCCSc1cc(NN)cc([N+](=O)[O-])c1. The molecule has 15 heavy (non-hydrogen) atoms. The van der Waals surface area contributed by atoms with Crippen LogP contribution in [0.3, 0.4) is 0 Å². The molecular weight excluding hydrogens is 214 g/mol. The Morgan fingerprint density at radius 1 is 1.53 bits per heavy atom. The number of thioether (sulfide) groups is 1. The molecule has 0 aliphatic rings. The summed E-state index contributed by atoms with van der Waals surface area (Å²) >= 11 is 1.58. The summed E-state index contributed by atoms with van der Waals surface area (Å²) in [4.78, 5) is 11.1. The highest BCUT2D eigenvalue weighted by molar-refractivity contribution is 7.99. The van der Waals surface area contributed by atoms with Gasteiger partial charge in [0.25, 0.3) is 5.69 Å². The number of hydrogen-bond acceptors (Lipinski definition) is 5. The summed E-state index contributed by atoms with van der Waals surface area (Å²) in [6.07, 6.45) is 1.03. The predicted octanol–water partition coefficient (Wildman–Crippen LogP) is 2.38. The van der Waals surface area contributed by atoms with Gasteiger partial charge < -0.3 is 5.43 Å². The Labute approximate surface area is 92.2 Å². The number of anilines is 1. The lowest BCUT2D eigenvalue weighted by atomic mass is 10.3. The molecule has 5 nitrogen and oxygen atoms in total. The number of nitro benzene ring substituents is 1. The summed E-state index contributed by atoms with van der Waals surface area (Å²) in [7, 11) is 0. The van der Waals surface area contributed by atoms with Gasteiger partial charge in [-0.15, -0.1) is 11.8 Å². The predicted molar refractivity (Wildman–Crippen MR) is 61.9 cm³/mol. The molecule has 6 heteroatoms. The van der Waals surface area contributed by atoms with Crippen molar-refractivity contribution in [2.75, 3.05) is 11.2 Å². The highest BCUT2D eigenvalue weighted by atomic mass is 32.2. The number of nitrogens with two attached hydrogens (primary N) is 1. The van der Waals surface area contributed by atoms with E-state index in [0.717, 1.165) is 17.1 Å². The van der Waals surface area contributed by atoms with Crippen molar-refractivity contribution in [2.45, 2.75) is 18.2 Å². The van der Waals surface area contributed by atoms with Gasteiger partial charge >= 0.3 is 0 Å². The van der Waals surface area contributed by atoms with Crippen LogP contribution in [0.1, 0.15) is 13.3 Å². The van der Waals surface area contributed by atoms with E-state index in [0.29, 0.717) is 5.69 Å². The standard InChI is InChI=1S/C9H13N3O2S/c1-2-3-15-9-5-7(11-10)4-8(6-9)12(13)14/h4-6,11H,2-3,10H2,1H3. The van der Waals surface area contributed by atoms with E-state index in [2.05, 4.69) is 12.3 Å². The van der Waals surface area contributed by atoms with Crippen LogP contribution in [0.15, 0.2) is 23.1 Å². The third-order valence-electron chi connectivity index (χ3n) is 1.74. The van der Waals surface area contributed by atoms with Gasteiger partial charge in [0, 0.05) is 17.0 Å². The smallest absolute Gasteiger partial charge is 0.272 e. The van der Waals surface area contributed by atoms with Crippen molar-refractivity contribution >= 4 is 23.1 Å². The van der Waals surface area contributed by atoms with Crippen molar-refractivity contribution in [3.05, 3.63) is 28.3 Å². The van der Waals surface area contributed by atoms with Gasteiger partial charge in [-0.2, -0.15) is 0 Å². The van der Waals surface area contributed by atoms with Crippen LogP contribution in [-0.2, 0) is 0 Å². The number of benzene rings is 1. The molecule has 0 heterocycles. The fourth-order valence-corrected chi connectivity index (χ4v) is 1.93. The Kier molecular flexibility index (Phi) is 4.38. The van der Waals surface area contributed by atoms with Gasteiger partial charge in [-0.1, -0.05) is 6.92 Å². The summed E-state index contributed by atoms with van der Waals surface area (Å²) in [6, 6.07) is 4.77. The van der Waals surface area contributed by atoms with Crippen molar-refractivity contribution in [2.24, 2.45) is 5.84 Å². The van der Waals surface area contributed by atoms with Gasteiger partial charge in [-0.3, -0.25) is 16.0 Å². The minimum absolute atomic E-state index is 0.0593. The van der Waals surface area contributed by atoms with E-state index in [9.17, 15) is 10.1 Å². The first-order valence-corrected chi connectivity index (χ1v) is 5.54. The van der Waals surface area contributed by atoms with Crippen LogP contribution in [-0.4, -0.2) is 10.7 Å². The van der Waals surface area contributed by atoms with E-state index >= 15 is 0 Å². The second-order valence-corrected chi connectivity index (χ2v) is 4.13. The number of nitrogens with one attached hydrogen (secondary N) is 1. The first-order valence-electron chi connectivity index (χ1n) is 4.56. The van der Waals surface area contributed by atoms with Gasteiger partial charge in [-0.05, 0) is 18.2 Å². The average Bonchev–Trinajstić information content (AvgIpc) is 2.25. The molecule has 0 unspecified atom stereocenters. The van der Waals surface area contributed by atoms with Crippen molar-refractivity contribution in [3.8, 4) is 0 Å². The maximum Gasteiger partial charge on any atom is 0.272 e. The normalized spacial score (nSPS) is 10.0. The molecule has 0 atom stereocenters. The van der Waals surface area contributed by atoms with Crippen LogP contribution in [0.2, 0.25) is 0 Å². The lowest BCUT2D eigenvalue weighted by Gasteiger charge is -2.04. The molecule has 0 aliphatic heterocycles. The van der Waals surface area contributed by atoms with Gasteiger partial charge in [0.1, 0.15) is 0 Å². The van der Waals surface area contributed by atoms with Crippen LogP contribution in [0, 0.1) is 10.1 Å². The van der Waals surface area contributed by atoms with E-state index in [-0.39, 0.29) is 5.69 Å². The second kappa shape index (κ2) is 5.57. The monoisotopic (exact) mass is 227 g/mol. The quantitative estimate of drug-likeness (QED) is 0.349. The Hall–Kier alpha value is -1.27. The van der Waals surface area contributed by atoms with Crippen molar-refractivity contribution < 1.29 is 4.92 Å². The molecule has 1 rings (SSSR count). The van der Waals surface area contributed by atoms with Gasteiger partial charge in [0.15, 0.2) is 0 Å². The molecule has 0 fully saturated rings. The minimum Gasteiger partial charge on any atom is -0.324 e. The summed E-state index contributed by atoms with van der Waals surface area (Å²) in [5.74, 6) is 6.17. The molecule has 0 radical (unpaired) electrons. The Bertz CT molecular complexity index is 357. The molecule has 0 aromatic heterocycles. The largest absolute Gasteiger partial charge is 0.324 e. The van der Waals surface area contributed by atoms with E-state index in [4.69, 9.17) is 5.84 Å². The number of hydrogen-bond donors (Lipinski definition) is 2. The summed E-state index contributed by atoms with van der Waals surface area (Å²) in [6.45, 7) is 2.06. The van der Waals surface area contributed by atoms with Crippen LogP contribution in [0.4, 0.5) is 11.4 Å². The van der Waals surface area contributed by atoms with Crippen LogP contribution >= 0.6 is 11.8 Å². The highest BCUT2D eigenvalue weighted by Gasteiger charge is 2.09. The highest BCUT2D eigenvalue weighted by Crippen LogP contribution is 2.27. The topological polar surface area (TPSA) is 81.2 Å². The fraction of sp³-hybridized carbons (Fsp3) is 0.333. The zero-order valence-corrected chi connectivity index (χ0v) is 9.21. The number of hydrazine groups is 1. The van der Waals surface area contributed by atoms with Crippen LogP contribution < -0.4 is 11.3 Å². The molecule has 0 amide bonds. The number of nitrogens with zero attached hydrogens (tertiary/aromatic N) is 1. The maximum atomic E-state index is 10.6. The molecule has 0 spiro atoms. The third kappa shape index (κ3) is 3.41. The number of non-ortho nitro benzene ring substituents is 1. The summed E-state index contributed by atoms with van der Waals surface area (Å²) in [5.41, 5.74) is 3.04. The zero-order chi connectivity index (χ0) is 11.3. The second-order valence-electron chi connectivity index (χ2n) is 2.97. The summed E-state index contributed by atoms with van der Waals surface area (Å²) < 4.78 is 0. The molecule has 3 N–H and O–H groups in total. The lowest BCUT2D eigenvalue weighted by molar-refractivity contribution is -0.385. The fourth-order valence-electron chi connectivity index (χ4n) is 1.08. The molecule has 0 bridgehead atoms. The molecule has 0 aliphatic carbocycles. The number of nitro groups is 1. The van der Waals surface area contributed by atoms with E-state index in [1.807, 2.05) is 0 Å². The molecular formula is C9H13N3O2S. The molecule has 1 aromatic carbocycles. The molecule has 82 valence electrons.